The molecular weight excluding hydrogens is 474 g/mol. The summed E-state index contributed by atoms with van der Waals surface area (Å²) in [7, 11) is 0. The maximum atomic E-state index is 13.9. The molecule has 0 heterocycles. The van der Waals surface area contributed by atoms with Crippen molar-refractivity contribution in [1.29, 1.82) is 0 Å². The maximum absolute atomic E-state index is 13.9. The summed E-state index contributed by atoms with van der Waals surface area (Å²) >= 11 is 1.59. The fourth-order valence-electron chi connectivity index (χ4n) is 4.35. The quantitative estimate of drug-likeness (QED) is 0.397. The average Bonchev–Trinajstić information content (AvgIpc) is 2.81. The Bertz CT molecular complexity index is 876. The van der Waals surface area contributed by atoms with Gasteiger partial charge in [0.05, 0.1) is 0 Å². The van der Waals surface area contributed by atoms with Gasteiger partial charge in [-0.2, -0.15) is 11.8 Å². The van der Waals surface area contributed by atoms with Crippen LogP contribution in [0, 0.1) is 6.92 Å². The molecule has 1 saturated carbocycles. The molecule has 0 spiro atoms. The average molecular weight is 518 g/mol. The van der Waals surface area contributed by atoms with Crippen LogP contribution in [0.3, 0.4) is 0 Å². The van der Waals surface area contributed by atoms with E-state index in [0.717, 1.165) is 36.8 Å². The second-order valence-electron chi connectivity index (χ2n) is 10.4. The van der Waals surface area contributed by atoms with Crippen LogP contribution in [-0.2, 0) is 14.3 Å². The van der Waals surface area contributed by atoms with E-state index in [2.05, 4.69) is 17.2 Å². The Morgan fingerprint density at radius 2 is 1.81 bits per heavy atom. The first-order chi connectivity index (χ1) is 17.1. The number of hydrogen-bond donors (Lipinski definition) is 2. The number of nitrogens with zero attached hydrogens (tertiary/aromatic N) is 1. The maximum Gasteiger partial charge on any atom is 0.408 e. The molecule has 2 N–H and O–H groups in total. The van der Waals surface area contributed by atoms with Gasteiger partial charge in [0.1, 0.15) is 17.7 Å². The first-order valence-corrected chi connectivity index (χ1v) is 14.2. The van der Waals surface area contributed by atoms with Crippen molar-refractivity contribution in [2.24, 2.45) is 0 Å². The molecule has 3 amide bonds. The predicted octanol–water partition coefficient (Wildman–Crippen LogP) is 5.15. The number of alkyl carbamates (subject to hydrolysis) is 1. The van der Waals surface area contributed by atoms with Crippen molar-refractivity contribution in [2.75, 3.05) is 18.6 Å². The van der Waals surface area contributed by atoms with Crippen molar-refractivity contribution in [3.05, 3.63) is 48.0 Å². The molecule has 8 heteroatoms. The molecule has 1 fully saturated rings. The van der Waals surface area contributed by atoms with Crippen LogP contribution >= 0.6 is 11.8 Å². The Labute approximate surface area is 220 Å². The van der Waals surface area contributed by atoms with Gasteiger partial charge in [-0.3, -0.25) is 9.59 Å². The highest BCUT2D eigenvalue weighted by Gasteiger charge is 2.36. The van der Waals surface area contributed by atoms with Gasteiger partial charge in [0.2, 0.25) is 11.8 Å². The normalized spacial score (nSPS) is 15.9. The van der Waals surface area contributed by atoms with E-state index in [0.29, 0.717) is 12.2 Å². The summed E-state index contributed by atoms with van der Waals surface area (Å²) in [6.45, 7) is 11.3. The van der Waals surface area contributed by atoms with Crippen LogP contribution < -0.4 is 10.6 Å². The van der Waals surface area contributed by atoms with Crippen LogP contribution in [0.25, 0.3) is 0 Å². The topological polar surface area (TPSA) is 87.7 Å². The highest BCUT2D eigenvalue weighted by molar-refractivity contribution is 7.98. The van der Waals surface area contributed by atoms with Gasteiger partial charge >= 0.3 is 6.09 Å². The molecule has 1 aliphatic rings. The monoisotopic (exact) mass is 517 g/mol. The highest BCUT2D eigenvalue weighted by atomic mass is 32.2. The molecule has 0 aliphatic heterocycles. The number of amides is 3. The number of aryl methyl sites for hydroxylation is 1. The third-order valence-corrected chi connectivity index (χ3v) is 6.76. The number of ether oxygens (including phenoxy) is 1. The molecule has 1 aliphatic carbocycles. The van der Waals surface area contributed by atoms with E-state index < -0.39 is 23.8 Å². The lowest BCUT2D eigenvalue weighted by atomic mass is 9.94. The number of rotatable bonds is 11. The lowest BCUT2D eigenvalue weighted by Gasteiger charge is -2.35. The van der Waals surface area contributed by atoms with E-state index in [4.69, 9.17) is 4.74 Å². The van der Waals surface area contributed by atoms with Gasteiger partial charge in [-0.05, 0) is 64.5 Å². The summed E-state index contributed by atoms with van der Waals surface area (Å²) < 4.78 is 5.42. The number of thioether (sulfide) groups is 1. The molecule has 1 aromatic rings. The van der Waals surface area contributed by atoms with Crippen molar-refractivity contribution in [3.8, 4) is 0 Å². The first-order valence-electron chi connectivity index (χ1n) is 12.8. The van der Waals surface area contributed by atoms with Crippen LogP contribution in [-0.4, -0.2) is 59.0 Å². The van der Waals surface area contributed by atoms with E-state index in [9.17, 15) is 14.4 Å². The standard InChI is InChI=1S/C28H43N3O4S/c1-7-18-31(26(33)23(17-19-36-6)30-27(34)35-28(3,4)5)24(21-15-13-20(2)14-16-21)25(32)29-22-11-9-8-10-12-22/h7,13-16,22-24H,1,8-12,17-19H2,2-6H3,(H,29,32)(H,30,34). The van der Waals surface area contributed by atoms with Crippen molar-refractivity contribution in [1.82, 2.24) is 15.5 Å². The second kappa shape index (κ2) is 14.3. The van der Waals surface area contributed by atoms with Gasteiger partial charge in [0, 0.05) is 12.6 Å². The van der Waals surface area contributed by atoms with E-state index in [1.54, 1.807) is 38.6 Å². The van der Waals surface area contributed by atoms with E-state index in [1.165, 1.54) is 11.3 Å². The first kappa shape index (κ1) is 29.7. The highest BCUT2D eigenvalue weighted by Crippen LogP contribution is 2.26. The molecule has 0 bridgehead atoms. The molecule has 36 heavy (non-hydrogen) atoms. The summed E-state index contributed by atoms with van der Waals surface area (Å²) in [5, 5.41) is 5.95. The minimum absolute atomic E-state index is 0.104. The third kappa shape index (κ3) is 9.52. The fraction of sp³-hybridized carbons (Fsp3) is 0.607. The SMILES string of the molecule is C=CCN(C(=O)C(CCSC)NC(=O)OC(C)(C)C)C(C(=O)NC1CCCCC1)c1ccc(C)cc1. The van der Waals surface area contributed by atoms with E-state index in [-0.39, 0.29) is 24.4 Å². The largest absolute Gasteiger partial charge is 0.444 e. The smallest absolute Gasteiger partial charge is 0.408 e. The van der Waals surface area contributed by atoms with Crippen LogP contribution in [0.5, 0.6) is 0 Å². The fourth-order valence-corrected chi connectivity index (χ4v) is 4.82. The Morgan fingerprint density at radius 3 is 2.36 bits per heavy atom. The van der Waals surface area contributed by atoms with Gasteiger partial charge in [-0.15, -0.1) is 6.58 Å². The summed E-state index contributed by atoms with van der Waals surface area (Å²) in [4.78, 5) is 41.8. The molecule has 2 atom stereocenters. The third-order valence-electron chi connectivity index (χ3n) is 6.11. The molecular formula is C28H43N3O4S. The number of benzene rings is 1. The van der Waals surface area contributed by atoms with E-state index in [1.807, 2.05) is 37.4 Å². The van der Waals surface area contributed by atoms with Crippen molar-refractivity contribution >= 4 is 29.7 Å². The Balaban J connectivity index is 2.39. The van der Waals surface area contributed by atoms with Crippen molar-refractivity contribution < 1.29 is 19.1 Å². The van der Waals surface area contributed by atoms with E-state index >= 15 is 0 Å². The zero-order chi connectivity index (χ0) is 26.7. The zero-order valence-corrected chi connectivity index (χ0v) is 23.3. The van der Waals surface area contributed by atoms with Gasteiger partial charge in [-0.1, -0.05) is 55.2 Å². The summed E-state index contributed by atoms with van der Waals surface area (Å²) in [5.74, 6) is 0.124. The molecule has 0 radical (unpaired) electrons. The Morgan fingerprint density at radius 1 is 1.17 bits per heavy atom. The van der Waals surface area contributed by atoms with Crippen molar-refractivity contribution in [3.63, 3.8) is 0 Å². The van der Waals surface area contributed by atoms with Crippen LogP contribution in [0.1, 0.15) is 76.5 Å². The predicted molar refractivity (Wildman–Crippen MR) is 147 cm³/mol. The molecule has 200 valence electrons. The number of carbonyl (C=O) groups excluding carboxylic acids is 3. The van der Waals surface area contributed by atoms with Gasteiger partial charge in [-0.25, -0.2) is 4.79 Å². The second-order valence-corrected chi connectivity index (χ2v) is 11.4. The lowest BCUT2D eigenvalue weighted by molar-refractivity contribution is -0.142. The van der Waals surface area contributed by atoms with Gasteiger partial charge in [0.25, 0.3) is 0 Å². The van der Waals surface area contributed by atoms with Crippen LogP contribution in [0.15, 0.2) is 36.9 Å². The summed E-state index contributed by atoms with van der Waals surface area (Å²) in [5.41, 5.74) is 1.10. The van der Waals surface area contributed by atoms with Gasteiger partial charge < -0.3 is 20.3 Å². The van der Waals surface area contributed by atoms with Crippen LogP contribution in [0.2, 0.25) is 0 Å². The molecule has 2 unspecified atom stereocenters. The Kier molecular flexibility index (Phi) is 11.8. The number of hydrogen-bond acceptors (Lipinski definition) is 5. The molecule has 0 saturated heterocycles. The van der Waals surface area contributed by atoms with Gasteiger partial charge in [0.15, 0.2) is 0 Å². The zero-order valence-electron chi connectivity index (χ0n) is 22.5. The summed E-state index contributed by atoms with van der Waals surface area (Å²) in [6.07, 6.45) is 8.57. The Hall–Kier alpha value is -2.48. The number of nitrogens with one attached hydrogen (secondary N) is 2. The minimum atomic E-state index is -0.838. The minimum Gasteiger partial charge on any atom is -0.444 e. The van der Waals surface area contributed by atoms with Crippen LogP contribution in [0.4, 0.5) is 4.79 Å². The summed E-state index contributed by atoms with van der Waals surface area (Å²) in [6, 6.07) is 6.10. The molecule has 7 nitrogen and oxygen atoms in total. The molecule has 2 rings (SSSR count). The lowest BCUT2D eigenvalue weighted by Crippen LogP contribution is -2.54. The molecule has 0 aromatic heterocycles. The molecule has 1 aromatic carbocycles. The number of carbonyl (C=O) groups is 3. The van der Waals surface area contributed by atoms with Crippen molar-refractivity contribution in [2.45, 2.75) is 89.9 Å².